The molecule has 56 heavy (non-hydrogen) atoms. The minimum atomic E-state index is -0.984. The number of hydrogen-bond donors (Lipinski definition) is 5. The normalized spacial score (nSPS) is 13.7. The number of halogens is 1. The number of carbonyl (C=O) groups excluding carboxylic acids is 2. The molecule has 0 spiro atoms. The van der Waals surface area contributed by atoms with Gasteiger partial charge < -0.3 is 52.7 Å². The number of nitrogens with zero attached hydrogens (tertiary/aromatic N) is 1. The highest BCUT2D eigenvalue weighted by Gasteiger charge is 2.33. The lowest BCUT2D eigenvalue weighted by Gasteiger charge is -2.24. The van der Waals surface area contributed by atoms with E-state index in [2.05, 4.69) is 10.6 Å². The summed E-state index contributed by atoms with van der Waals surface area (Å²) in [7, 11) is 0.573. The molecule has 0 saturated carbocycles. The Hall–Kier alpha value is -4.20. The van der Waals surface area contributed by atoms with E-state index in [1.54, 1.807) is 67.8 Å². The summed E-state index contributed by atoms with van der Waals surface area (Å²) in [6.07, 6.45) is -1.02. The summed E-state index contributed by atoms with van der Waals surface area (Å²) in [6, 6.07) is 16.5. The van der Waals surface area contributed by atoms with Gasteiger partial charge in [-0.2, -0.15) is 0 Å². The van der Waals surface area contributed by atoms with E-state index in [1.165, 1.54) is 4.90 Å². The molecular weight excluding hydrogens is 750 g/mol. The fraction of sp³-hybridized carbons (Fsp3) is 0.444. The van der Waals surface area contributed by atoms with Crippen molar-refractivity contribution in [1.82, 2.24) is 15.5 Å². The third-order valence-electron chi connectivity index (χ3n) is 7.73. The number of fused-ring (bicyclic) bond motifs is 3. The Morgan fingerprint density at radius 2 is 1.07 bits per heavy atom. The highest BCUT2D eigenvalue weighted by Crippen LogP contribution is 2.20. The third kappa shape index (κ3) is 13.5. The minimum Gasteiger partial charge on any atom is -0.479 e. The van der Waals surface area contributed by atoms with Crippen molar-refractivity contribution in [2.45, 2.75) is 72.6 Å². The van der Waals surface area contributed by atoms with Crippen molar-refractivity contribution < 1.29 is 62.3 Å². The van der Waals surface area contributed by atoms with E-state index >= 15 is 0 Å². The van der Waals surface area contributed by atoms with E-state index < -0.39 is 44.7 Å². The second kappa shape index (κ2) is 20.8. The SMILES string of the molecule is CC(C)(C)OC(=O)NCOc1cccc2c1B(O)OC2.CN(COc1cccc2c1B(O)OC2)C(=O)OC(C)(C)C.CNCOc1cccc2c1B(O)OC2.Cl. The standard InChI is InChI=1S/C14H20BNO5.C13H18BNO5.C9H12BNO3.ClH/c1-14(2,3)21-13(17)16(4)9-19-11-7-5-6-10-8-20-15(18)12(10)11;1-13(2,3)20-12(16)15-8-18-10-6-4-5-9-7-19-14(17)11(9)10;1-11-6-13-8-4-2-3-7-5-14-10(12)9(7)8;/h5-7,18H,8-9H2,1-4H3;4-6,17H,7-8H2,1-3H3,(H,15,16);2-4,11-12H,5-6H2,1H3;1H. The summed E-state index contributed by atoms with van der Waals surface area (Å²) >= 11 is 0. The van der Waals surface area contributed by atoms with Crippen molar-refractivity contribution >= 4 is 62.3 Å². The number of hydrogen-bond acceptors (Lipinski definition) is 14. The Bertz CT molecular complexity index is 1760. The molecule has 304 valence electrons. The van der Waals surface area contributed by atoms with Crippen LogP contribution in [0, 0.1) is 0 Å². The Morgan fingerprint density at radius 3 is 1.46 bits per heavy atom. The molecule has 0 bridgehead atoms. The highest BCUT2D eigenvalue weighted by molar-refractivity contribution is 6.63. The van der Waals surface area contributed by atoms with Crippen LogP contribution in [0.4, 0.5) is 9.59 Å². The summed E-state index contributed by atoms with van der Waals surface area (Å²) in [6.45, 7) is 12.3. The maximum Gasteiger partial charge on any atom is 0.495 e. The average Bonchev–Trinajstić information content (AvgIpc) is 3.82. The summed E-state index contributed by atoms with van der Waals surface area (Å²) in [5, 5.41) is 34.4. The molecule has 3 aromatic rings. The van der Waals surface area contributed by atoms with E-state index in [-0.39, 0.29) is 25.9 Å². The van der Waals surface area contributed by atoms with Gasteiger partial charge in [0.15, 0.2) is 13.5 Å². The third-order valence-corrected chi connectivity index (χ3v) is 7.73. The van der Waals surface area contributed by atoms with Gasteiger partial charge in [0.1, 0.15) is 35.2 Å². The predicted octanol–water partition coefficient (Wildman–Crippen LogP) is 1.75. The van der Waals surface area contributed by atoms with E-state index in [0.29, 0.717) is 54.7 Å². The van der Waals surface area contributed by atoms with E-state index in [1.807, 2.05) is 42.5 Å². The Labute approximate surface area is 334 Å². The van der Waals surface area contributed by atoms with E-state index in [4.69, 9.17) is 37.6 Å². The Morgan fingerprint density at radius 1 is 0.679 bits per heavy atom. The van der Waals surface area contributed by atoms with Crippen molar-refractivity contribution in [2.24, 2.45) is 0 Å². The Balaban J connectivity index is 0.000000228. The van der Waals surface area contributed by atoms with Crippen LogP contribution in [0.25, 0.3) is 0 Å². The monoisotopic (exact) mass is 801 g/mol. The second-order valence-electron chi connectivity index (χ2n) is 14.5. The van der Waals surface area contributed by atoms with Crippen LogP contribution in [-0.2, 0) is 43.3 Å². The number of ether oxygens (including phenoxy) is 5. The first-order chi connectivity index (χ1) is 26.0. The van der Waals surface area contributed by atoms with Crippen LogP contribution in [0.3, 0.4) is 0 Å². The lowest BCUT2D eigenvalue weighted by Crippen LogP contribution is -2.37. The lowest BCUT2D eigenvalue weighted by molar-refractivity contribution is 0.0169. The molecule has 0 fully saturated rings. The topological polar surface area (TPSA) is 196 Å². The zero-order chi connectivity index (χ0) is 40.3. The zero-order valence-corrected chi connectivity index (χ0v) is 33.8. The van der Waals surface area contributed by atoms with Crippen molar-refractivity contribution in [3.8, 4) is 17.2 Å². The molecule has 2 amide bonds. The molecule has 0 atom stereocenters. The molecule has 0 saturated heterocycles. The maximum atomic E-state index is 11.8. The van der Waals surface area contributed by atoms with Gasteiger partial charge in [-0.25, -0.2) is 9.59 Å². The van der Waals surface area contributed by atoms with E-state index in [0.717, 1.165) is 22.2 Å². The molecule has 6 rings (SSSR count). The van der Waals surface area contributed by atoms with Crippen molar-refractivity contribution in [2.75, 3.05) is 34.3 Å². The molecule has 0 aliphatic carbocycles. The van der Waals surface area contributed by atoms with Gasteiger partial charge in [0, 0.05) is 23.4 Å². The molecule has 0 radical (unpaired) electrons. The molecular formula is C36H51B3ClN3O13. The number of carbonyl (C=O) groups is 2. The first-order valence-corrected chi connectivity index (χ1v) is 17.7. The van der Waals surface area contributed by atoms with Crippen LogP contribution < -0.4 is 41.2 Å². The van der Waals surface area contributed by atoms with Crippen LogP contribution in [0.2, 0.25) is 0 Å². The summed E-state index contributed by atoms with van der Waals surface area (Å²) < 4.78 is 42.2. The van der Waals surface area contributed by atoms with Crippen molar-refractivity contribution in [1.29, 1.82) is 0 Å². The fourth-order valence-electron chi connectivity index (χ4n) is 5.32. The van der Waals surface area contributed by atoms with Gasteiger partial charge >= 0.3 is 33.5 Å². The lowest BCUT2D eigenvalue weighted by atomic mass is 9.79. The summed E-state index contributed by atoms with van der Waals surface area (Å²) in [5.41, 5.74) is 3.64. The molecule has 3 aliphatic rings. The second-order valence-corrected chi connectivity index (χ2v) is 14.5. The molecule has 3 aliphatic heterocycles. The van der Waals surface area contributed by atoms with Crippen molar-refractivity contribution in [3.05, 3.63) is 71.3 Å². The van der Waals surface area contributed by atoms with Gasteiger partial charge in [0.05, 0.1) is 19.8 Å². The van der Waals surface area contributed by atoms with Crippen LogP contribution in [-0.4, -0.2) is 99.0 Å². The average molecular weight is 802 g/mol. The van der Waals surface area contributed by atoms with Crippen LogP contribution in [0.15, 0.2) is 54.6 Å². The number of alkyl carbamates (subject to hydrolysis) is 1. The predicted molar refractivity (Wildman–Crippen MR) is 213 cm³/mol. The molecule has 3 aromatic carbocycles. The van der Waals surface area contributed by atoms with Crippen molar-refractivity contribution in [3.63, 3.8) is 0 Å². The first kappa shape index (κ1) is 46.2. The highest BCUT2D eigenvalue weighted by atomic mass is 35.5. The first-order valence-electron chi connectivity index (χ1n) is 17.7. The maximum absolute atomic E-state index is 11.8. The molecule has 20 heteroatoms. The molecule has 0 aromatic heterocycles. The van der Waals surface area contributed by atoms with Gasteiger partial charge in [-0.15, -0.1) is 12.4 Å². The minimum absolute atomic E-state index is 0. The molecule has 0 unspecified atom stereocenters. The van der Waals surface area contributed by atoms with E-state index in [9.17, 15) is 24.7 Å². The van der Waals surface area contributed by atoms with Gasteiger partial charge in [-0.3, -0.25) is 15.5 Å². The molecule has 3 heterocycles. The largest absolute Gasteiger partial charge is 0.495 e. The number of rotatable bonds is 9. The van der Waals surface area contributed by atoms with Gasteiger partial charge in [-0.1, -0.05) is 36.4 Å². The van der Waals surface area contributed by atoms with Crippen LogP contribution >= 0.6 is 12.4 Å². The van der Waals surface area contributed by atoms with Crippen LogP contribution in [0.1, 0.15) is 58.2 Å². The fourth-order valence-corrected chi connectivity index (χ4v) is 5.32. The molecule has 16 nitrogen and oxygen atoms in total. The molecule has 5 N–H and O–H groups in total. The summed E-state index contributed by atoms with van der Waals surface area (Å²) in [4.78, 5) is 24.6. The van der Waals surface area contributed by atoms with Gasteiger partial charge in [0.2, 0.25) is 0 Å². The summed E-state index contributed by atoms with van der Waals surface area (Å²) in [5.74, 6) is 1.68. The number of nitrogens with one attached hydrogen (secondary N) is 2. The van der Waals surface area contributed by atoms with Gasteiger partial charge in [-0.05, 0) is 83.5 Å². The number of amides is 2. The Kier molecular flexibility index (Phi) is 17.2. The smallest absolute Gasteiger partial charge is 0.479 e. The zero-order valence-electron chi connectivity index (χ0n) is 33.0. The van der Waals surface area contributed by atoms with Crippen LogP contribution in [0.5, 0.6) is 17.2 Å². The van der Waals surface area contributed by atoms with Gasteiger partial charge in [0.25, 0.3) is 0 Å². The quantitative estimate of drug-likeness (QED) is 0.155. The number of benzene rings is 3.